The predicted molar refractivity (Wildman–Crippen MR) is 102 cm³/mol. The van der Waals surface area contributed by atoms with Crippen molar-refractivity contribution in [3.05, 3.63) is 70.2 Å². The first kappa shape index (κ1) is 16.8. The number of ketones is 1. The second kappa shape index (κ2) is 7.31. The molecular weight excluding hydrogens is 330 g/mol. The molecule has 1 aliphatic heterocycles. The second-order valence-electron chi connectivity index (χ2n) is 7.45. The van der Waals surface area contributed by atoms with Crippen molar-refractivity contribution in [3.63, 3.8) is 0 Å². The van der Waals surface area contributed by atoms with E-state index in [1.165, 1.54) is 12.0 Å². The first-order valence-electron chi connectivity index (χ1n) is 9.28. The third-order valence-corrected chi connectivity index (χ3v) is 6.11. The molecular formula is C22H24ClNO. The average molecular weight is 354 g/mol. The van der Waals surface area contributed by atoms with Crippen molar-refractivity contribution >= 4 is 17.4 Å². The molecule has 0 amide bonds. The van der Waals surface area contributed by atoms with Crippen molar-refractivity contribution in [2.24, 2.45) is 5.92 Å². The molecule has 0 saturated carbocycles. The maximum atomic E-state index is 12.7. The number of hydrogen-bond acceptors (Lipinski definition) is 2. The van der Waals surface area contributed by atoms with Crippen molar-refractivity contribution in [2.45, 2.75) is 31.6 Å². The fourth-order valence-electron chi connectivity index (χ4n) is 4.41. The lowest BCUT2D eigenvalue weighted by molar-refractivity contribution is 0.0952. The van der Waals surface area contributed by atoms with Crippen molar-refractivity contribution in [1.29, 1.82) is 0 Å². The SMILES string of the molecule is O=C1CC(CN2CCC(c3ccccc3)C2)CCc2c(Cl)cccc21. The van der Waals surface area contributed by atoms with Crippen LogP contribution in [0.15, 0.2) is 48.5 Å². The van der Waals surface area contributed by atoms with Crippen LogP contribution >= 0.6 is 11.6 Å². The van der Waals surface area contributed by atoms with Gasteiger partial charge in [-0.3, -0.25) is 4.79 Å². The summed E-state index contributed by atoms with van der Waals surface area (Å²) < 4.78 is 0. The highest BCUT2D eigenvalue weighted by Crippen LogP contribution is 2.32. The van der Waals surface area contributed by atoms with E-state index in [1.54, 1.807) is 0 Å². The molecule has 1 fully saturated rings. The molecule has 0 aromatic heterocycles. The molecule has 1 aliphatic carbocycles. The lowest BCUT2D eigenvalue weighted by atomic mass is 9.97. The molecule has 2 aliphatic rings. The summed E-state index contributed by atoms with van der Waals surface area (Å²) in [5, 5.41) is 0.747. The number of halogens is 1. The molecule has 2 atom stereocenters. The van der Waals surface area contributed by atoms with Crippen molar-refractivity contribution in [1.82, 2.24) is 4.90 Å². The smallest absolute Gasteiger partial charge is 0.163 e. The minimum Gasteiger partial charge on any atom is -0.302 e. The van der Waals surface area contributed by atoms with E-state index in [0.717, 1.165) is 48.6 Å². The van der Waals surface area contributed by atoms with Crippen molar-refractivity contribution in [2.75, 3.05) is 19.6 Å². The third-order valence-electron chi connectivity index (χ3n) is 5.76. The van der Waals surface area contributed by atoms with Crippen molar-refractivity contribution in [3.8, 4) is 0 Å². The van der Waals surface area contributed by atoms with Crippen LogP contribution < -0.4 is 0 Å². The lowest BCUT2D eigenvalue weighted by Gasteiger charge is -2.22. The summed E-state index contributed by atoms with van der Waals surface area (Å²) in [6.45, 7) is 3.28. The van der Waals surface area contributed by atoms with Gasteiger partial charge in [0, 0.05) is 30.1 Å². The summed E-state index contributed by atoms with van der Waals surface area (Å²) >= 11 is 6.32. The second-order valence-corrected chi connectivity index (χ2v) is 7.86. The molecule has 4 rings (SSSR count). The van der Waals surface area contributed by atoms with Gasteiger partial charge in [-0.15, -0.1) is 0 Å². The minimum atomic E-state index is 0.263. The number of nitrogens with zero attached hydrogens (tertiary/aromatic N) is 1. The van der Waals surface area contributed by atoms with Gasteiger partial charge in [0.1, 0.15) is 0 Å². The topological polar surface area (TPSA) is 20.3 Å². The molecule has 0 radical (unpaired) electrons. The predicted octanol–water partition coefficient (Wildman–Crippen LogP) is 4.96. The van der Waals surface area contributed by atoms with Gasteiger partial charge in [0.2, 0.25) is 0 Å². The van der Waals surface area contributed by atoms with Gasteiger partial charge in [-0.2, -0.15) is 0 Å². The Balaban J connectivity index is 1.40. The van der Waals surface area contributed by atoms with Crippen LogP contribution in [0.3, 0.4) is 0 Å². The Morgan fingerprint density at radius 1 is 1.04 bits per heavy atom. The molecule has 2 aromatic rings. The number of fused-ring (bicyclic) bond motifs is 1. The summed E-state index contributed by atoms with van der Waals surface area (Å²) in [4.78, 5) is 15.2. The van der Waals surface area contributed by atoms with Gasteiger partial charge in [0.05, 0.1) is 0 Å². The Kier molecular flexibility index (Phi) is 4.91. The zero-order valence-corrected chi connectivity index (χ0v) is 15.2. The van der Waals surface area contributed by atoms with E-state index in [0.29, 0.717) is 18.3 Å². The molecule has 0 N–H and O–H groups in total. The van der Waals surface area contributed by atoms with Crippen LogP contribution in [0.2, 0.25) is 5.02 Å². The normalized spacial score (nSPS) is 24.1. The quantitative estimate of drug-likeness (QED) is 0.726. The minimum absolute atomic E-state index is 0.263. The Morgan fingerprint density at radius 3 is 2.72 bits per heavy atom. The van der Waals surface area contributed by atoms with E-state index in [1.807, 2.05) is 18.2 Å². The number of carbonyl (C=O) groups is 1. The molecule has 2 unspecified atom stereocenters. The van der Waals surface area contributed by atoms with Gasteiger partial charge in [-0.05, 0) is 54.8 Å². The van der Waals surface area contributed by atoms with Crippen LogP contribution in [-0.4, -0.2) is 30.3 Å². The number of carbonyl (C=O) groups excluding carboxylic acids is 1. The van der Waals surface area contributed by atoms with Gasteiger partial charge in [0.15, 0.2) is 5.78 Å². The molecule has 3 heteroatoms. The fourth-order valence-corrected chi connectivity index (χ4v) is 4.68. The summed E-state index contributed by atoms with van der Waals surface area (Å²) in [6, 6.07) is 16.5. The largest absolute Gasteiger partial charge is 0.302 e. The highest BCUT2D eigenvalue weighted by molar-refractivity contribution is 6.32. The Hall–Kier alpha value is -1.64. The molecule has 2 nitrogen and oxygen atoms in total. The number of Topliss-reactive ketones (excluding diaryl/α,β-unsaturated/α-hetero) is 1. The summed E-state index contributed by atoms with van der Waals surface area (Å²) in [7, 11) is 0. The van der Waals surface area contributed by atoms with Gasteiger partial charge in [-0.1, -0.05) is 54.1 Å². The number of benzene rings is 2. The maximum Gasteiger partial charge on any atom is 0.163 e. The summed E-state index contributed by atoms with van der Waals surface area (Å²) in [5.41, 5.74) is 3.35. The zero-order chi connectivity index (χ0) is 17.2. The lowest BCUT2D eigenvalue weighted by Crippen LogP contribution is -2.28. The standard InChI is InChI=1S/C22H24ClNO/c23-21-8-4-7-20-19(21)10-9-16(13-22(20)25)14-24-12-11-18(15-24)17-5-2-1-3-6-17/h1-8,16,18H,9-15H2. The van der Waals surface area contributed by atoms with E-state index in [4.69, 9.17) is 11.6 Å². The molecule has 1 heterocycles. The van der Waals surface area contributed by atoms with Crippen LogP contribution in [0.1, 0.15) is 46.7 Å². The van der Waals surface area contributed by atoms with Gasteiger partial charge in [-0.25, -0.2) is 0 Å². The molecule has 0 bridgehead atoms. The van der Waals surface area contributed by atoms with Gasteiger partial charge >= 0.3 is 0 Å². The maximum absolute atomic E-state index is 12.7. The van der Waals surface area contributed by atoms with Crippen LogP contribution in [-0.2, 0) is 6.42 Å². The molecule has 2 aromatic carbocycles. The molecule has 25 heavy (non-hydrogen) atoms. The highest BCUT2D eigenvalue weighted by Gasteiger charge is 2.29. The van der Waals surface area contributed by atoms with Crippen LogP contribution in [0.5, 0.6) is 0 Å². The monoisotopic (exact) mass is 353 g/mol. The van der Waals surface area contributed by atoms with Crippen LogP contribution in [0.4, 0.5) is 0 Å². The number of hydrogen-bond donors (Lipinski definition) is 0. The van der Waals surface area contributed by atoms with Gasteiger partial charge < -0.3 is 4.90 Å². The Labute approximate surface area is 154 Å². The van der Waals surface area contributed by atoms with Crippen LogP contribution in [0.25, 0.3) is 0 Å². The van der Waals surface area contributed by atoms with Gasteiger partial charge in [0.25, 0.3) is 0 Å². The summed E-state index contributed by atoms with van der Waals surface area (Å²) in [5.74, 6) is 1.33. The van der Waals surface area contributed by atoms with E-state index in [9.17, 15) is 4.79 Å². The van der Waals surface area contributed by atoms with E-state index < -0.39 is 0 Å². The van der Waals surface area contributed by atoms with Crippen molar-refractivity contribution < 1.29 is 4.79 Å². The van der Waals surface area contributed by atoms with Crippen LogP contribution in [0, 0.1) is 5.92 Å². The third kappa shape index (κ3) is 3.65. The Morgan fingerprint density at radius 2 is 1.88 bits per heavy atom. The number of likely N-dealkylation sites (tertiary alicyclic amines) is 1. The zero-order valence-electron chi connectivity index (χ0n) is 14.5. The van der Waals surface area contributed by atoms with E-state index in [-0.39, 0.29) is 5.78 Å². The molecule has 130 valence electrons. The summed E-state index contributed by atoms with van der Waals surface area (Å²) in [6.07, 6.45) is 3.84. The Bertz CT molecular complexity index is 758. The first-order chi connectivity index (χ1) is 12.2. The molecule has 0 spiro atoms. The average Bonchev–Trinajstić information content (AvgIpc) is 3.02. The number of rotatable bonds is 3. The highest BCUT2D eigenvalue weighted by atomic mass is 35.5. The fraction of sp³-hybridized carbons (Fsp3) is 0.409. The van der Waals surface area contributed by atoms with E-state index >= 15 is 0 Å². The van der Waals surface area contributed by atoms with E-state index in [2.05, 4.69) is 35.2 Å². The molecule has 1 saturated heterocycles. The first-order valence-corrected chi connectivity index (χ1v) is 9.66.